The molecule has 0 unspecified atom stereocenters. The van der Waals surface area contributed by atoms with Crippen molar-refractivity contribution in [1.29, 1.82) is 0 Å². The van der Waals surface area contributed by atoms with Crippen LogP contribution in [0.3, 0.4) is 0 Å². The zero-order valence-electron chi connectivity index (χ0n) is 15.0. The first kappa shape index (κ1) is 16.8. The van der Waals surface area contributed by atoms with Crippen LogP contribution in [-0.2, 0) is 23.1 Å². The Morgan fingerprint density at radius 2 is 2.15 bits per heavy atom. The van der Waals surface area contributed by atoms with Crippen molar-refractivity contribution >= 4 is 17.5 Å². The summed E-state index contributed by atoms with van der Waals surface area (Å²) in [5, 5.41) is 4.29. The van der Waals surface area contributed by atoms with E-state index < -0.39 is 5.41 Å². The van der Waals surface area contributed by atoms with E-state index in [9.17, 15) is 9.59 Å². The predicted octanol–water partition coefficient (Wildman–Crippen LogP) is 1.40. The predicted molar refractivity (Wildman–Crippen MR) is 96.4 cm³/mol. The lowest BCUT2D eigenvalue weighted by atomic mass is 9.78. The largest absolute Gasteiger partial charge is 0.341 e. The molecule has 2 amide bonds. The van der Waals surface area contributed by atoms with Crippen molar-refractivity contribution in [3.63, 3.8) is 0 Å². The van der Waals surface area contributed by atoms with Gasteiger partial charge in [0.25, 0.3) is 0 Å². The van der Waals surface area contributed by atoms with E-state index in [2.05, 4.69) is 10.1 Å². The van der Waals surface area contributed by atoms with Crippen molar-refractivity contribution in [3.05, 3.63) is 42.5 Å². The molecule has 1 spiro atoms. The molecule has 0 saturated carbocycles. The van der Waals surface area contributed by atoms with Gasteiger partial charge >= 0.3 is 0 Å². The molecule has 26 heavy (non-hydrogen) atoms. The molecule has 2 aromatic rings. The first-order valence-electron chi connectivity index (χ1n) is 9.06. The number of likely N-dealkylation sites (tertiary alicyclic amines) is 1. The van der Waals surface area contributed by atoms with Crippen LogP contribution in [0.15, 0.2) is 36.8 Å². The average Bonchev–Trinajstić information content (AvgIpc) is 3.20. The van der Waals surface area contributed by atoms with E-state index in [0.29, 0.717) is 19.6 Å². The normalized spacial score (nSPS) is 23.0. The Bertz CT molecular complexity index is 818. The number of aryl methyl sites for hydroxylation is 1. The fraction of sp³-hybridized carbons (Fsp3) is 0.474. The van der Waals surface area contributed by atoms with Crippen LogP contribution in [0.5, 0.6) is 0 Å². The minimum atomic E-state index is -0.451. The topological polar surface area (TPSA) is 71.3 Å². The Labute approximate surface area is 152 Å². The lowest BCUT2D eigenvalue weighted by Crippen LogP contribution is -2.50. The summed E-state index contributed by atoms with van der Waals surface area (Å²) in [7, 11) is 1.84. The van der Waals surface area contributed by atoms with Gasteiger partial charge < -0.3 is 9.80 Å². The molecule has 0 radical (unpaired) electrons. The van der Waals surface area contributed by atoms with E-state index in [1.54, 1.807) is 17.1 Å². The van der Waals surface area contributed by atoms with Gasteiger partial charge in [0.15, 0.2) is 0 Å². The van der Waals surface area contributed by atoms with E-state index in [1.807, 2.05) is 41.2 Å². The highest BCUT2D eigenvalue weighted by molar-refractivity contribution is 6.00. The minimum Gasteiger partial charge on any atom is -0.341 e. The van der Waals surface area contributed by atoms with Crippen molar-refractivity contribution < 1.29 is 9.59 Å². The van der Waals surface area contributed by atoms with Gasteiger partial charge in [-0.25, -0.2) is 0 Å². The van der Waals surface area contributed by atoms with Gasteiger partial charge in [0.05, 0.1) is 29.4 Å². The summed E-state index contributed by atoms with van der Waals surface area (Å²) in [6, 6.07) is 5.62. The second kappa shape index (κ2) is 6.55. The molecule has 1 atom stereocenters. The lowest BCUT2D eigenvalue weighted by Gasteiger charge is -2.39. The van der Waals surface area contributed by atoms with E-state index in [1.165, 1.54) is 0 Å². The molecule has 0 aliphatic carbocycles. The second-order valence-electron chi connectivity index (χ2n) is 7.27. The first-order valence-corrected chi connectivity index (χ1v) is 9.06. The number of hydrogen-bond acceptors (Lipinski definition) is 4. The summed E-state index contributed by atoms with van der Waals surface area (Å²) in [6.45, 7) is 1.91. The van der Waals surface area contributed by atoms with Gasteiger partial charge in [-0.1, -0.05) is 0 Å². The molecule has 2 aliphatic heterocycles. The maximum Gasteiger partial charge on any atom is 0.235 e. The van der Waals surface area contributed by atoms with Crippen LogP contribution < -0.4 is 4.90 Å². The van der Waals surface area contributed by atoms with Crippen LogP contribution in [0.2, 0.25) is 0 Å². The maximum absolute atomic E-state index is 13.2. The van der Waals surface area contributed by atoms with Gasteiger partial charge in [-0.3, -0.25) is 19.3 Å². The van der Waals surface area contributed by atoms with Crippen molar-refractivity contribution in [2.75, 3.05) is 24.5 Å². The third-order valence-electron chi connectivity index (χ3n) is 5.50. The van der Waals surface area contributed by atoms with Gasteiger partial charge in [0.2, 0.25) is 11.8 Å². The number of pyridine rings is 1. The molecule has 2 saturated heterocycles. The highest BCUT2D eigenvalue weighted by atomic mass is 16.2. The van der Waals surface area contributed by atoms with E-state index in [4.69, 9.17) is 0 Å². The first-order chi connectivity index (χ1) is 12.6. The van der Waals surface area contributed by atoms with Gasteiger partial charge in [-0.15, -0.1) is 0 Å². The molecule has 4 heterocycles. The van der Waals surface area contributed by atoms with E-state index in [0.717, 1.165) is 30.6 Å². The standard InChI is InChI=1S/C19H23N5O2/c1-22-10-5-15(21-22)12-17(25)23-9-3-6-19(14-23)7-11-24(18(19)26)16-4-2-8-20-13-16/h2,4-5,8,10,13H,3,6-7,9,11-12,14H2,1H3/t19-/m0/s1. The molecule has 7 nitrogen and oxygen atoms in total. The van der Waals surface area contributed by atoms with Gasteiger partial charge in [-0.05, 0) is 37.5 Å². The third kappa shape index (κ3) is 2.98. The van der Waals surface area contributed by atoms with Gasteiger partial charge in [0.1, 0.15) is 0 Å². The van der Waals surface area contributed by atoms with E-state index >= 15 is 0 Å². The molecule has 2 aromatic heterocycles. The Morgan fingerprint density at radius 1 is 1.27 bits per heavy atom. The van der Waals surface area contributed by atoms with Crippen LogP contribution in [0, 0.1) is 5.41 Å². The molecular weight excluding hydrogens is 330 g/mol. The fourth-order valence-corrected chi connectivity index (χ4v) is 4.13. The molecule has 136 valence electrons. The SMILES string of the molecule is Cn1ccc(CC(=O)N2CCC[C@]3(CCN(c4cccnc4)C3=O)C2)n1. The summed E-state index contributed by atoms with van der Waals surface area (Å²) < 4.78 is 1.70. The molecule has 0 aromatic carbocycles. The van der Waals surface area contributed by atoms with Crippen molar-refractivity contribution in [1.82, 2.24) is 19.7 Å². The summed E-state index contributed by atoms with van der Waals surface area (Å²) in [6.07, 6.45) is 8.05. The molecule has 2 fully saturated rings. The smallest absolute Gasteiger partial charge is 0.235 e. The summed E-state index contributed by atoms with van der Waals surface area (Å²) in [5.74, 6) is 0.177. The minimum absolute atomic E-state index is 0.0513. The Kier molecular flexibility index (Phi) is 4.22. The highest BCUT2D eigenvalue weighted by Crippen LogP contribution is 2.41. The Morgan fingerprint density at radius 3 is 2.88 bits per heavy atom. The van der Waals surface area contributed by atoms with Crippen LogP contribution in [-0.4, -0.2) is 51.1 Å². The van der Waals surface area contributed by atoms with Gasteiger partial charge in [-0.2, -0.15) is 5.10 Å². The number of aromatic nitrogens is 3. The molecule has 2 aliphatic rings. The van der Waals surface area contributed by atoms with Crippen molar-refractivity contribution in [2.24, 2.45) is 12.5 Å². The van der Waals surface area contributed by atoms with E-state index in [-0.39, 0.29) is 18.2 Å². The number of rotatable bonds is 3. The van der Waals surface area contributed by atoms with Crippen LogP contribution in [0.25, 0.3) is 0 Å². The zero-order valence-corrected chi connectivity index (χ0v) is 15.0. The van der Waals surface area contributed by atoms with Crippen LogP contribution >= 0.6 is 0 Å². The number of amides is 2. The van der Waals surface area contributed by atoms with Crippen LogP contribution in [0.4, 0.5) is 5.69 Å². The number of carbonyl (C=O) groups excluding carboxylic acids is 2. The molecule has 4 rings (SSSR count). The fourth-order valence-electron chi connectivity index (χ4n) is 4.13. The molecule has 7 heteroatoms. The lowest BCUT2D eigenvalue weighted by molar-refractivity contribution is -0.138. The Balaban J connectivity index is 1.48. The zero-order chi connectivity index (χ0) is 18.1. The van der Waals surface area contributed by atoms with Crippen molar-refractivity contribution in [2.45, 2.75) is 25.7 Å². The summed E-state index contributed by atoms with van der Waals surface area (Å²) in [4.78, 5) is 33.7. The number of nitrogens with zero attached hydrogens (tertiary/aromatic N) is 5. The van der Waals surface area contributed by atoms with Crippen molar-refractivity contribution in [3.8, 4) is 0 Å². The third-order valence-corrected chi connectivity index (χ3v) is 5.50. The quantitative estimate of drug-likeness (QED) is 0.836. The number of carbonyl (C=O) groups is 2. The van der Waals surface area contributed by atoms with Crippen LogP contribution in [0.1, 0.15) is 25.0 Å². The average molecular weight is 353 g/mol. The molecule has 0 bridgehead atoms. The molecule has 0 N–H and O–H groups in total. The second-order valence-corrected chi connectivity index (χ2v) is 7.27. The summed E-state index contributed by atoms with van der Waals surface area (Å²) in [5.41, 5.74) is 1.16. The number of hydrogen-bond donors (Lipinski definition) is 0. The number of anilines is 1. The van der Waals surface area contributed by atoms with Gasteiger partial charge in [0, 0.05) is 39.1 Å². The monoisotopic (exact) mass is 353 g/mol. The number of piperidine rings is 1. The summed E-state index contributed by atoms with van der Waals surface area (Å²) >= 11 is 0. The highest BCUT2D eigenvalue weighted by Gasteiger charge is 2.50. The Hall–Kier alpha value is -2.70. The molecular formula is C19H23N5O2. The maximum atomic E-state index is 13.2.